The molecule has 2 aromatic rings. The van der Waals surface area contributed by atoms with Crippen LogP contribution in [-0.2, 0) is 4.74 Å². The van der Waals surface area contributed by atoms with Crippen molar-refractivity contribution in [2.45, 2.75) is 6.04 Å². The third kappa shape index (κ3) is 3.11. The minimum Gasteiger partial charge on any atom is -0.453 e. The van der Waals surface area contributed by atoms with Gasteiger partial charge in [0.15, 0.2) is 0 Å². The van der Waals surface area contributed by atoms with Gasteiger partial charge in [-0.25, -0.2) is 4.79 Å². The molecule has 2 aromatic carbocycles. The highest BCUT2D eigenvalue weighted by Gasteiger charge is 2.14. The van der Waals surface area contributed by atoms with Crippen molar-refractivity contribution in [2.24, 2.45) is 5.73 Å². The number of benzene rings is 2. The molecule has 0 bridgehead atoms. The number of ether oxygens (including phenoxy) is 1. The van der Waals surface area contributed by atoms with Crippen molar-refractivity contribution in [2.75, 3.05) is 12.4 Å². The molecule has 0 spiro atoms. The summed E-state index contributed by atoms with van der Waals surface area (Å²) in [6.07, 6.45) is -0.507. The second kappa shape index (κ2) is 6.02. The lowest BCUT2D eigenvalue weighted by atomic mass is 9.98. The van der Waals surface area contributed by atoms with E-state index in [4.69, 9.17) is 5.73 Å². The summed E-state index contributed by atoms with van der Waals surface area (Å²) in [6.45, 7) is 0. The molecule has 0 radical (unpaired) electrons. The van der Waals surface area contributed by atoms with Crippen LogP contribution in [0.3, 0.4) is 0 Å². The molecule has 0 saturated carbocycles. The van der Waals surface area contributed by atoms with E-state index in [9.17, 15) is 4.79 Å². The highest BCUT2D eigenvalue weighted by atomic mass is 16.5. The van der Waals surface area contributed by atoms with Crippen molar-refractivity contribution in [3.8, 4) is 0 Å². The predicted octanol–water partition coefficient (Wildman–Crippen LogP) is 2.91. The molecule has 0 aliphatic heterocycles. The fourth-order valence-corrected chi connectivity index (χ4v) is 1.88. The maximum Gasteiger partial charge on any atom is 0.411 e. The summed E-state index contributed by atoms with van der Waals surface area (Å²) >= 11 is 0. The van der Waals surface area contributed by atoms with Crippen molar-refractivity contribution >= 4 is 11.8 Å². The van der Waals surface area contributed by atoms with Crippen molar-refractivity contribution in [1.29, 1.82) is 0 Å². The van der Waals surface area contributed by atoms with Gasteiger partial charge in [-0.1, -0.05) is 48.5 Å². The third-order valence-corrected chi connectivity index (χ3v) is 2.88. The smallest absolute Gasteiger partial charge is 0.411 e. The second-order valence-corrected chi connectivity index (χ2v) is 4.09. The Labute approximate surface area is 112 Å². The summed E-state index contributed by atoms with van der Waals surface area (Å²) in [4.78, 5) is 11.3. The molecule has 0 aromatic heterocycles. The van der Waals surface area contributed by atoms with Crippen molar-refractivity contribution < 1.29 is 9.53 Å². The molecule has 0 aliphatic carbocycles. The van der Waals surface area contributed by atoms with Crippen LogP contribution in [0.15, 0.2) is 54.6 Å². The maximum absolute atomic E-state index is 11.3. The largest absolute Gasteiger partial charge is 0.453 e. The van der Waals surface area contributed by atoms with Crippen LogP contribution in [0.1, 0.15) is 17.2 Å². The van der Waals surface area contributed by atoms with Crippen LogP contribution in [0.2, 0.25) is 0 Å². The monoisotopic (exact) mass is 256 g/mol. The standard InChI is InChI=1S/C15H16N2O2/c1-19-15(18)17-13-10-6-5-9-12(13)14(16)11-7-3-2-4-8-11/h2-10,14H,16H2,1H3,(H,17,18). The quantitative estimate of drug-likeness (QED) is 0.887. The van der Waals surface area contributed by atoms with E-state index in [0.29, 0.717) is 5.69 Å². The van der Waals surface area contributed by atoms with E-state index in [1.54, 1.807) is 6.07 Å². The molecular weight excluding hydrogens is 240 g/mol. The molecule has 0 heterocycles. The van der Waals surface area contributed by atoms with Crippen molar-refractivity contribution in [3.63, 3.8) is 0 Å². The number of para-hydroxylation sites is 1. The minimum absolute atomic E-state index is 0.297. The molecule has 1 atom stereocenters. The van der Waals surface area contributed by atoms with Gasteiger partial charge in [0, 0.05) is 5.69 Å². The summed E-state index contributed by atoms with van der Waals surface area (Å²) in [7, 11) is 1.33. The zero-order valence-corrected chi connectivity index (χ0v) is 10.7. The fraction of sp³-hybridized carbons (Fsp3) is 0.133. The average Bonchev–Trinajstić information content (AvgIpc) is 2.48. The van der Waals surface area contributed by atoms with Gasteiger partial charge in [-0.15, -0.1) is 0 Å². The summed E-state index contributed by atoms with van der Waals surface area (Å²) < 4.78 is 4.60. The van der Waals surface area contributed by atoms with Crippen LogP contribution < -0.4 is 11.1 Å². The molecule has 0 aliphatic rings. The molecule has 1 amide bonds. The minimum atomic E-state index is -0.507. The Kier molecular flexibility index (Phi) is 4.15. The van der Waals surface area contributed by atoms with Crippen molar-refractivity contribution in [3.05, 3.63) is 65.7 Å². The van der Waals surface area contributed by atoms with E-state index >= 15 is 0 Å². The highest BCUT2D eigenvalue weighted by Crippen LogP contribution is 2.26. The maximum atomic E-state index is 11.3. The van der Waals surface area contributed by atoms with Gasteiger partial charge in [-0.05, 0) is 17.2 Å². The number of nitrogens with one attached hydrogen (secondary N) is 1. The molecule has 0 saturated heterocycles. The SMILES string of the molecule is COC(=O)Nc1ccccc1C(N)c1ccccc1. The average molecular weight is 256 g/mol. The number of carbonyl (C=O) groups is 1. The molecule has 3 N–H and O–H groups in total. The van der Waals surface area contributed by atoms with Gasteiger partial charge < -0.3 is 10.5 Å². The first kappa shape index (κ1) is 13.1. The Bertz CT molecular complexity index is 555. The number of anilines is 1. The lowest BCUT2D eigenvalue weighted by molar-refractivity contribution is 0.187. The molecule has 4 nitrogen and oxygen atoms in total. The van der Waals surface area contributed by atoms with Crippen molar-refractivity contribution in [1.82, 2.24) is 0 Å². The van der Waals surface area contributed by atoms with Gasteiger partial charge in [0.05, 0.1) is 13.2 Å². The first-order chi connectivity index (χ1) is 9.22. The lowest BCUT2D eigenvalue weighted by Crippen LogP contribution is -2.17. The summed E-state index contributed by atoms with van der Waals surface area (Å²) in [5.41, 5.74) is 8.73. The van der Waals surface area contributed by atoms with Crippen LogP contribution in [-0.4, -0.2) is 13.2 Å². The van der Waals surface area contributed by atoms with Gasteiger partial charge in [0.1, 0.15) is 0 Å². The van der Waals surface area contributed by atoms with Gasteiger partial charge in [-0.3, -0.25) is 5.32 Å². The Balaban J connectivity index is 2.31. The Hall–Kier alpha value is -2.33. The molecule has 98 valence electrons. The Morgan fingerprint density at radius 1 is 1.11 bits per heavy atom. The molecule has 4 heteroatoms. The Morgan fingerprint density at radius 3 is 2.42 bits per heavy atom. The summed E-state index contributed by atoms with van der Waals surface area (Å²) in [6, 6.07) is 16.9. The topological polar surface area (TPSA) is 64.3 Å². The van der Waals surface area contributed by atoms with Crippen LogP contribution in [0.4, 0.5) is 10.5 Å². The number of methoxy groups -OCH3 is 1. The predicted molar refractivity (Wildman–Crippen MR) is 74.9 cm³/mol. The van der Waals surface area contributed by atoms with Gasteiger partial charge in [0.2, 0.25) is 0 Å². The second-order valence-electron chi connectivity index (χ2n) is 4.09. The fourth-order valence-electron chi connectivity index (χ4n) is 1.88. The summed E-state index contributed by atoms with van der Waals surface area (Å²) in [5, 5.41) is 2.67. The van der Waals surface area contributed by atoms with Crippen LogP contribution in [0, 0.1) is 0 Å². The van der Waals surface area contributed by atoms with E-state index in [2.05, 4.69) is 10.1 Å². The normalized spacial score (nSPS) is 11.7. The molecule has 2 rings (SSSR count). The number of rotatable bonds is 3. The van der Waals surface area contributed by atoms with E-state index in [-0.39, 0.29) is 6.04 Å². The third-order valence-electron chi connectivity index (χ3n) is 2.88. The zero-order chi connectivity index (χ0) is 13.7. The first-order valence-electron chi connectivity index (χ1n) is 5.97. The lowest BCUT2D eigenvalue weighted by Gasteiger charge is -2.17. The number of carbonyl (C=O) groups excluding carboxylic acids is 1. The molecular formula is C15H16N2O2. The van der Waals surface area contributed by atoms with E-state index in [1.165, 1.54) is 7.11 Å². The first-order valence-corrected chi connectivity index (χ1v) is 5.97. The number of nitrogens with two attached hydrogens (primary N) is 1. The van der Waals surface area contributed by atoms with E-state index in [0.717, 1.165) is 11.1 Å². The summed E-state index contributed by atoms with van der Waals surface area (Å²) in [5.74, 6) is 0. The number of hydrogen-bond acceptors (Lipinski definition) is 3. The van der Waals surface area contributed by atoms with Gasteiger partial charge in [-0.2, -0.15) is 0 Å². The number of amides is 1. The molecule has 1 unspecified atom stereocenters. The van der Waals surface area contributed by atoms with Crippen LogP contribution in [0.5, 0.6) is 0 Å². The Morgan fingerprint density at radius 2 is 1.74 bits per heavy atom. The molecule has 0 fully saturated rings. The van der Waals surface area contributed by atoms with Gasteiger partial charge in [0.25, 0.3) is 0 Å². The molecule has 19 heavy (non-hydrogen) atoms. The van der Waals surface area contributed by atoms with Gasteiger partial charge >= 0.3 is 6.09 Å². The zero-order valence-electron chi connectivity index (χ0n) is 10.7. The number of hydrogen-bond donors (Lipinski definition) is 2. The van der Waals surface area contributed by atoms with Crippen LogP contribution >= 0.6 is 0 Å². The van der Waals surface area contributed by atoms with E-state index < -0.39 is 6.09 Å². The van der Waals surface area contributed by atoms with E-state index in [1.807, 2.05) is 48.5 Å². The highest BCUT2D eigenvalue weighted by molar-refractivity contribution is 5.85. The van der Waals surface area contributed by atoms with Crippen LogP contribution in [0.25, 0.3) is 0 Å².